The molecule has 0 aromatic heterocycles. The van der Waals surface area contributed by atoms with Crippen LogP contribution >= 0.6 is 0 Å². The Morgan fingerprint density at radius 1 is 1.30 bits per heavy atom. The maximum absolute atomic E-state index is 12.3. The van der Waals surface area contributed by atoms with Gasteiger partial charge in [0.05, 0.1) is 11.5 Å². The summed E-state index contributed by atoms with van der Waals surface area (Å²) >= 11 is 0. The van der Waals surface area contributed by atoms with E-state index in [0.29, 0.717) is 11.7 Å². The normalized spacial score (nSPS) is 22.9. The predicted molar refractivity (Wildman–Crippen MR) is 76.1 cm³/mol. The molecular weight excluding hydrogens is 278 g/mol. The highest BCUT2D eigenvalue weighted by Crippen LogP contribution is 2.26. The number of ether oxygens (including phenoxy) is 1. The van der Waals surface area contributed by atoms with Crippen LogP contribution in [0.2, 0.25) is 0 Å². The molecule has 20 heavy (non-hydrogen) atoms. The molecule has 1 saturated carbocycles. The van der Waals surface area contributed by atoms with E-state index in [1.54, 1.807) is 12.1 Å². The van der Waals surface area contributed by atoms with Crippen molar-refractivity contribution in [3.8, 4) is 5.75 Å². The average Bonchev–Trinajstić information content (AvgIpc) is 2.82. The summed E-state index contributed by atoms with van der Waals surface area (Å²) in [5.41, 5.74) is 0. The molecular formula is C14H21NO4S. The second-order valence-corrected chi connectivity index (χ2v) is 6.89. The van der Waals surface area contributed by atoms with Crippen molar-refractivity contribution in [3.63, 3.8) is 0 Å². The van der Waals surface area contributed by atoms with E-state index in [1.807, 2.05) is 0 Å². The number of aliphatic hydroxyl groups is 1. The Balaban J connectivity index is 2.05. The highest BCUT2D eigenvalue weighted by Gasteiger charge is 2.28. The minimum absolute atomic E-state index is 0.0327. The van der Waals surface area contributed by atoms with E-state index >= 15 is 0 Å². The minimum atomic E-state index is -3.47. The van der Waals surface area contributed by atoms with Gasteiger partial charge in [-0.05, 0) is 43.0 Å². The SMILES string of the molecule is CC1CCCC1NS(=O)(=O)c1ccc(OCCO)cc1. The lowest BCUT2D eigenvalue weighted by molar-refractivity contribution is 0.201. The first-order valence-electron chi connectivity index (χ1n) is 6.89. The summed E-state index contributed by atoms with van der Waals surface area (Å²) in [6.07, 6.45) is 3.04. The summed E-state index contributed by atoms with van der Waals surface area (Å²) in [6, 6.07) is 6.28. The second-order valence-electron chi connectivity index (χ2n) is 5.18. The molecule has 1 aliphatic carbocycles. The van der Waals surface area contributed by atoms with Crippen LogP contribution in [0.1, 0.15) is 26.2 Å². The summed E-state index contributed by atoms with van der Waals surface area (Å²) in [7, 11) is -3.47. The Morgan fingerprint density at radius 3 is 2.55 bits per heavy atom. The van der Waals surface area contributed by atoms with E-state index in [2.05, 4.69) is 11.6 Å². The van der Waals surface area contributed by atoms with Gasteiger partial charge >= 0.3 is 0 Å². The molecule has 1 fully saturated rings. The summed E-state index contributed by atoms with van der Waals surface area (Å²) < 4.78 is 32.5. The van der Waals surface area contributed by atoms with Gasteiger partial charge in [-0.15, -0.1) is 0 Å². The molecule has 0 heterocycles. The molecule has 0 bridgehead atoms. The van der Waals surface area contributed by atoms with Gasteiger partial charge in [0, 0.05) is 6.04 Å². The van der Waals surface area contributed by atoms with E-state index in [4.69, 9.17) is 9.84 Å². The number of hydrogen-bond acceptors (Lipinski definition) is 4. The first-order valence-corrected chi connectivity index (χ1v) is 8.37. The van der Waals surface area contributed by atoms with E-state index in [1.165, 1.54) is 12.1 Å². The van der Waals surface area contributed by atoms with Gasteiger partial charge in [0.2, 0.25) is 10.0 Å². The summed E-state index contributed by atoms with van der Waals surface area (Å²) in [6.45, 7) is 2.21. The number of nitrogens with one attached hydrogen (secondary N) is 1. The van der Waals surface area contributed by atoms with Crippen LogP contribution in [0.3, 0.4) is 0 Å². The zero-order valence-corrected chi connectivity index (χ0v) is 12.4. The smallest absolute Gasteiger partial charge is 0.240 e. The highest BCUT2D eigenvalue weighted by atomic mass is 32.2. The largest absolute Gasteiger partial charge is 0.491 e. The highest BCUT2D eigenvalue weighted by molar-refractivity contribution is 7.89. The van der Waals surface area contributed by atoms with Crippen LogP contribution in [-0.2, 0) is 10.0 Å². The van der Waals surface area contributed by atoms with Gasteiger partial charge < -0.3 is 9.84 Å². The monoisotopic (exact) mass is 299 g/mol. The van der Waals surface area contributed by atoms with Crippen molar-refractivity contribution in [3.05, 3.63) is 24.3 Å². The lowest BCUT2D eigenvalue weighted by Gasteiger charge is -2.17. The van der Waals surface area contributed by atoms with E-state index in [0.717, 1.165) is 19.3 Å². The van der Waals surface area contributed by atoms with Crippen LogP contribution in [0, 0.1) is 5.92 Å². The number of sulfonamides is 1. The molecule has 0 saturated heterocycles. The summed E-state index contributed by atoms with van der Waals surface area (Å²) in [5, 5.41) is 8.66. The molecule has 2 unspecified atom stereocenters. The second kappa shape index (κ2) is 6.56. The maximum atomic E-state index is 12.3. The van der Waals surface area contributed by atoms with Crippen molar-refractivity contribution in [1.82, 2.24) is 4.72 Å². The van der Waals surface area contributed by atoms with E-state index in [9.17, 15) is 8.42 Å². The first-order chi connectivity index (χ1) is 9.53. The zero-order valence-electron chi connectivity index (χ0n) is 11.6. The maximum Gasteiger partial charge on any atom is 0.240 e. The fourth-order valence-electron chi connectivity index (χ4n) is 2.47. The molecule has 1 aliphatic rings. The Kier molecular flexibility index (Phi) is 5.01. The molecule has 5 nitrogen and oxygen atoms in total. The molecule has 0 radical (unpaired) electrons. The van der Waals surface area contributed by atoms with Crippen molar-refractivity contribution in [2.75, 3.05) is 13.2 Å². The molecule has 0 spiro atoms. The molecule has 1 aromatic rings. The van der Waals surface area contributed by atoms with Gasteiger partial charge in [0.25, 0.3) is 0 Å². The third kappa shape index (κ3) is 3.71. The van der Waals surface area contributed by atoms with Gasteiger partial charge in [-0.3, -0.25) is 0 Å². The Bertz CT molecular complexity index is 527. The zero-order chi connectivity index (χ0) is 14.6. The van der Waals surface area contributed by atoms with Gasteiger partial charge in [0.15, 0.2) is 0 Å². The third-order valence-corrected chi connectivity index (χ3v) is 5.17. The molecule has 2 atom stereocenters. The minimum Gasteiger partial charge on any atom is -0.491 e. The fraction of sp³-hybridized carbons (Fsp3) is 0.571. The van der Waals surface area contributed by atoms with Crippen LogP contribution in [0.25, 0.3) is 0 Å². The van der Waals surface area contributed by atoms with Gasteiger partial charge in [0.1, 0.15) is 12.4 Å². The van der Waals surface area contributed by atoms with Crippen LogP contribution in [-0.4, -0.2) is 32.8 Å². The molecule has 112 valence electrons. The molecule has 1 aromatic carbocycles. The number of aliphatic hydroxyl groups excluding tert-OH is 1. The molecule has 0 amide bonds. The van der Waals surface area contributed by atoms with Crippen LogP contribution in [0.5, 0.6) is 5.75 Å². The van der Waals surface area contributed by atoms with Crippen LogP contribution in [0.4, 0.5) is 0 Å². The van der Waals surface area contributed by atoms with Crippen molar-refractivity contribution in [2.24, 2.45) is 5.92 Å². The molecule has 0 aliphatic heterocycles. The van der Waals surface area contributed by atoms with E-state index < -0.39 is 10.0 Å². The number of rotatable bonds is 6. The van der Waals surface area contributed by atoms with Crippen molar-refractivity contribution < 1.29 is 18.3 Å². The molecule has 6 heteroatoms. The third-order valence-electron chi connectivity index (χ3n) is 3.66. The van der Waals surface area contributed by atoms with E-state index in [-0.39, 0.29) is 24.2 Å². The van der Waals surface area contributed by atoms with Crippen LogP contribution < -0.4 is 9.46 Å². The first kappa shape index (κ1) is 15.3. The van der Waals surface area contributed by atoms with Crippen molar-refractivity contribution in [1.29, 1.82) is 0 Å². The summed E-state index contributed by atoms with van der Waals surface area (Å²) in [5.74, 6) is 0.934. The lowest BCUT2D eigenvalue weighted by atomic mass is 10.1. The number of benzene rings is 1. The Labute approximate surface area is 120 Å². The van der Waals surface area contributed by atoms with Gasteiger partial charge in [-0.25, -0.2) is 13.1 Å². The predicted octanol–water partition coefficient (Wildman–Crippen LogP) is 1.52. The Hall–Kier alpha value is -1.11. The van der Waals surface area contributed by atoms with Crippen LogP contribution in [0.15, 0.2) is 29.2 Å². The molecule has 2 N–H and O–H groups in total. The van der Waals surface area contributed by atoms with Gasteiger partial charge in [-0.2, -0.15) is 0 Å². The fourth-order valence-corrected chi connectivity index (χ4v) is 3.85. The number of hydrogen-bond donors (Lipinski definition) is 2. The topological polar surface area (TPSA) is 75.6 Å². The van der Waals surface area contributed by atoms with Crippen molar-refractivity contribution >= 4 is 10.0 Å². The quantitative estimate of drug-likeness (QED) is 0.835. The van der Waals surface area contributed by atoms with Crippen molar-refractivity contribution in [2.45, 2.75) is 37.1 Å². The lowest BCUT2D eigenvalue weighted by Crippen LogP contribution is -2.36. The standard InChI is InChI=1S/C14H21NO4S/c1-11-3-2-4-14(11)15-20(17,18)13-7-5-12(6-8-13)19-10-9-16/h5-8,11,14-16H,2-4,9-10H2,1H3. The van der Waals surface area contributed by atoms with Gasteiger partial charge in [-0.1, -0.05) is 13.3 Å². The Morgan fingerprint density at radius 2 is 2.00 bits per heavy atom. The summed E-state index contributed by atoms with van der Waals surface area (Å²) in [4.78, 5) is 0.243. The average molecular weight is 299 g/mol. The molecule has 2 rings (SSSR count).